The summed E-state index contributed by atoms with van der Waals surface area (Å²) in [5.41, 5.74) is 2.15. The normalized spacial score (nSPS) is 10.8. The largest absolute Gasteiger partial charge is 0.478 e. The Labute approximate surface area is 87.1 Å². The molecule has 0 aliphatic heterocycles. The van der Waals surface area contributed by atoms with Crippen LogP contribution in [0.15, 0.2) is 18.2 Å². The summed E-state index contributed by atoms with van der Waals surface area (Å²) in [6.45, 7) is 2.06. The van der Waals surface area contributed by atoms with Crippen LogP contribution in [-0.2, 0) is 13.5 Å². The van der Waals surface area contributed by atoms with Crippen LogP contribution in [-0.4, -0.2) is 20.9 Å². The van der Waals surface area contributed by atoms with Crippen molar-refractivity contribution in [2.75, 3.05) is 0 Å². The van der Waals surface area contributed by atoms with Gasteiger partial charge in [-0.25, -0.2) is 4.79 Å². The van der Waals surface area contributed by atoms with E-state index >= 15 is 0 Å². The molecule has 1 aromatic heterocycles. The molecule has 1 heterocycles. The average molecular weight is 204 g/mol. The highest BCUT2D eigenvalue weighted by Gasteiger charge is 2.09. The lowest BCUT2D eigenvalue weighted by Gasteiger charge is -1.96. The van der Waals surface area contributed by atoms with Gasteiger partial charge < -0.3 is 5.11 Å². The van der Waals surface area contributed by atoms with E-state index in [9.17, 15) is 4.79 Å². The molecule has 0 fully saturated rings. The maximum absolute atomic E-state index is 10.8. The second-order valence-electron chi connectivity index (χ2n) is 3.46. The number of aromatic nitrogens is 2. The van der Waals surface area contributed by atoms with Crippen LogP contribution in [0.25, 0.3) is 10.9 Å². The first-order valence-electron chi connectivity index (χ1n) is 4.82. The maximum atomic E-state index is 10.8. The first kappa shape index (κ1) is 9.71. The van der Waals surface area contributed by atoms with E-state index in [1.807, 2.05) is 13.1 Å². The van der Waals surface area contributed by atoms with Gasteiger partial charge in [0.05, 0.1) is 11.1 Å². The number of hydrogen-bond donors (Lipinski definition) is 1. The van der Waals surface area contributed by atoms with E-state index in [1.165, 1.54) is 0 Å². The van der Waals surface area contributed by atoms with E-state index in [2.05, 4.69) is 12.0 Å². The zero-order chi connectivity index (χ0) is 11.0. The number of rotatable bonds is 2. The third-order valence-corrected chi connectivity index (χ3v) is 2.54. The maximum Gasteiger partial charge on any atom is 0.335 e. The summed E-state index contributed by atoms with van der Waals surface area (Å²) in [4.78, 5) is 10.8. The fraction of sp³-hybridized carbons (Fsp3) is 0.273. The Hall–Kier alpha value is -1.84. The highest BCUT2D eigenvalue weighted by Crippen LogP contribution is 2.19. The minimum absolute atomic E-state index is 0.281. The SMILES string of the molecule is CCc1c2ccc(C(=O)O)cc2nn1C. The number of carboxylic acid groups (broad SMARTS) is 1. The van der Waals surface area contributed by atoms with Gasteiger partial charge in [-0.3, -0.25) is 4.68 Å². The van der Waals surface area contributed by atoms with Gasteiger partial charge in [0.2, 0.25) is 0 Å². The van der Waals surface area contributed by atoms with Gasteiger partial charge in [0.25, 0.3) is 0 Å². The number of carboxylic acids is 1. The van der Waals surface area contributed by atoms with Crippen LogP contribution in [0.3, 0.4) is 0 Å². The zero-order valence-electron chi connectivity index (χ0n) is 8.69. The van der Waals surface area contributed by atoms with E-state index in [0.29, 0.717) is 0 Å². The Bertz CT molecular complexity index is 529. The molecule has 0 bridgehead atoms. The van der Waals surface area contributed by atoms with Crippen LogP contribution in [0, 0.1) is 0 Å². The van der Waals surface area contributed by atoms with Gasteiger partial charge in [0, 0.05) is 18.1 Å². The Morgan fingerprint density at radius 1 is 1.53 bits per heavy atom. The summed E-state index contributed by atoms with van der Waals surface area (Å²) < 4.78 is 1.80. The molecule has 0 aliphatic carbocycles. The molecule has 0 aliphatic rings. The monoisotopic (exact) mass is 204 g/mol. The van der Waals surface area contributed by atoms with Gasteiger partial charge in [0.15, 0.2) is 0 Å². The Morgan fingerprint density at radius 3 is 2.87 bits per heavy atom. The molecule has 4 heteroatoms. The summed E-state index contributed by atoms with van der Waals surface area (Å²) in [6, 6.07) is 5.05. The number of carbonyl (C=O) groups is 1. The zero-order valence-corrected chi connectivity index (χ0v) is 8.69. The van der Waals surface area contributed by atoms with Crippen LogP contribution in [0.2, 0.25) is 0 Å². The van der Waals surface area contributed by atoms with Gasteiger partial charge in [-0.2, -0.15) is 5.10 Å². The predicted octanol–water partition coefficient (Wildman–Crippen LogP) is 1.83. The molecular weight excluding hydrogens is 192 g/mol. The van der Waals surface area contributed by atoms with Gasteiger partial charge >= 0.3 is 5.97 Å². The first-order valence-corrected chi connectivity index (χ1v) is 4.82. The van der Waals surface area contributed by atoms with E-state index < -0.39 is 5.97 Å². The minimum atomic E-state index is -0.916. The second-order valence-corrected chi connectivity index (χ2v) is 3.46. The molecule has 4 nitrogen and oxygen atoms in total. The quantitative estimate of drug-likeness (QED) is 0.812. The highest BCUT2D eigenvalue weighted by atomic mass is 16.4. The Morgan fingerprint density at radius 2 is 2.27 bits per heavy atom. The van der Waals surface area contributed by atoms with E-state index in [4.69, 9.17) is 5.11 Å². The third kappa shape index (κ3) is 1.48. The highest BCUT2D eigenvalue weighted by molar-refractivity contribution is 5.93. The van der Waals surface area contributed by atoms with Crippen molar-refractivity contribution in [3.8, 4) is 0 Å². The second kappa shape index (κ2) is 3.38. The Balaban J connectivity index is 2.69. The van der Waals surface area contributed by atoms with E-state index in [-0.39, 0.29) is 5.56 Å². The van der Waals surface area contributed by atoms with Gasteiger partial charge in [-0.05, 0) is 18.6 Å². The standard InChI is InChI=1S/C11H12N2O2/c1-3-10-8-5-4-7(11(14)15)6-9(8)12-13(10)2/h4-6H,3H2,1-2H3,(H,14,15). The van der Waals surface area contributed by atoms with Crippen molar-refractivity contribution in [1.82, 2.24) is 9.78 Å². The van der Waals surface area contributed by atoms with Gasteiger partial charge in [-0.15, -0.1) is 0 Å². The first-order chi connectivity index (χ1) is 7.13. The van der Waals surface area contributed by atoms with Crippen LogP contribution in [0.5, 0.6) is 0 Å². The molecule has 0 saturated heterocycles. The molecule has 1 N–H and O–H groups in total. The van der Waals surface area contributed by atoms with Crippen LogP contribution in [0.1, 0.15) is 23.0 Å². The van der Waals surface area contributed by atoms with Crippen LogP contribution in [0.4, 0.5) is 0 Å². The summed E-state index contributed by atoms with van der Waals surface area (Å²) in [7, 11) is 1.87. The predicted molar refractivity (Wildman–Crippen MR) is 57.1 cm³/mol. The molecule has 0 spiro atoms. The van der Waals surface area contributed by atoms with E-state index in [1.54, 1.807) is 16.8 Å². The molecule has 0 unspecified atom stereocenters. The summed E-state index contributed by atoms with van der Waals surface area (Å²) in [5, 5.41) is 14.2. The fourth-order valence-corrected chi connectivity index (χ4v) is 1.81. The summed E-state index contributed by atoms with van der Waals surface area (Å²) in [6.07, 6.45) is 0.888. The molecule has 0 atom stereocenters. The van der Waals surface area contributed by atoms with Gasteiger partial charge in [-0.1, -0.05) is 13.0 Å². The smallest absolute Gasteiger partial charge is 0.335 e. The topological polar surface area (TPSA) is 55.1 Å². The number of nitrogens with zero attached hydrogens (tertiary/aromatic N) is 2. The molecule has 0 radical (unpaired) electrons. The molecule has 2 rings (SSSR count). The molecule has 78 valence electrons. The number of benzene rings is 1. The number of aryl methyl sites for hydroxylation is 2. The molecule has 0 amide bonds. The van der Waals surface area contributed by atoms with E-state index in [0.717, 1.165) is 23.0 Å². The molecule has 1 aromatic carbocycles. The van der Waals surface area contributed by atoms with Crippen LogP contribution < -0.4 is 0 Å². The van der Waals surface area contributed by atoms with Crippen molar-refractivity contribution in [1.29, 1.82) is 0 Å². The lowest BCUT2D eigenvalue weighted by Crippen LogP contribution is -1.95. The van der Waals surface area contributed by atoms with Crippen molar-refractivity contribution < 1.29 is 9.90 Å². The number of fused-ring (bicyclic) bond motifs is 1. The summed E-state index contributed by atoms with van der Waals surface area (Å²) >= 11 is 0. The average Bonchev–Trinajstić information content (AvgIpc) is 2.51. The lowest BCUT2D eigenvalue weighted by atomic mass is 10.1. The lowest BCUT2D eigenvalue weighted by molar-refractivity contribution is 0.0697. The van der Waals surface area contributed by atoms with Crippen molar-refractivity contribution in [3.05, 3.63) is 29.5 Å². The molecule has 15 heavy (non-hydrogen) atoms. The summed E-state index contributed by atoms with van der Waals surface area (Å²) in [5.74, 6) is -0.916. The van der Waals surface area contributed by atoms with Gasteiger partial charge in [0.1, 0.15) is 0 Å². The molecule has 0 saturated carbocycles. The number of aromatic carboxylic acids is 1. The minimum Gasteiger partial charge on any atom is -0.478 e. The molecular formula is C11H12N2O2. The third-order valence-electron chi connectivity index (χ3n) is 2.54. The molecule has 2 aromatic rings. The number of hydrogen-bond acceptors (Lipinski definition) is 2. The van der Waals surface area contributed by atoms with Crippen molar-refractivity contribution in [3.63, 3.8) is 0 Å². The van der Waals surface area contributed by atoms with Crippen molar-refractivity contribution in [2.24, 2.45) is 7.05 Å². The Kier molecular flexibility index (Phi) is 2.19. The van der Waals surface area contributed by atoms with Crippen molar-refractivity contribution >= 4 is 16.9 Å². The fourth-order valence-electron chi connectivity index (χ4n) is 1.81. The van der Waals surface area contributed by atoms with Crippen molar-refractivity contribution in [2.45, 2.75) is 13.3 Å². The van der Waals surface area contributed by atoms with Crippen LogP contribution >= 0.6 is 0 Å².